The van der Waals surface area contributed by atoms with Gasteiger partial charge < -0.3 is 5.32 Å². The third kappa shape index (κ3) is 3.96. The largest absolute Gasteiger partial charge is 0.304 e. The molecule has 1 aliphatic carbocycles. The molecular weight excluding hydrogens is 395 g/mol. The fourth-order valence-corrected chi connectivity index (χ4v) is 3.94. The fourth-order valence-electron chi connectivity index (χ4n) is 3.94. The van der Waals surface area contributed by atoms with E-state index in [1.807, 2.05) is 18.3 Å². The lowest BCUT2D eigenvalue weighted by atomic mass is 9.95. The number of aromatic nitrogens is 5. The van der Waals surface area contributed by atoms with Gasteiger partial charge in [-0.25, -0.2) is 9.07 Å². The highest BCUT2D eigenvalue weighted by atomic mass is 19.1. The predicted molar refractivity (Wildman–Crippen MR) is 114 cm³/mol. The number of hydrogen-bond acceptors (Lipinski definition) is 4. The van der Waals surface area contributed by atoms with E-state index in [0.29, 0.717) is 18.1 Å². The molecule has 1 aromatic carbocycles. The van der Waals surface area contributed by atoms with E-state index >= 15 is 0 Å². The smallest absolute Gasteiger partial charge is 0.277 e. The van der Waals surface area contributed by atoms with Crippen molar-refractivity contribution in [2.24, 2.45) is 0 Å². The lowest BCUT2D eigenvalue weighted by Crippen LogP contribution is -2.16. The number of pyridine rings is 1. The van der Waals surface area contributed by atoms with Gasteiger partial charge in [0, 0.05) is 35.9 Å². The molecule has 1 N–H and O–H groups in total. The van der Waals surface area contributed by atoms with Crippen molar-refractivity contribution in [2.45, 2.75) is 32.2 Å². The highest BCUT2D eigenvalue weighted by molar-refractivity contribution is 6.03. The summed E-state index contributed by atoms with van der Waals surface area (Å²) in [7, 11) is 0. The summed E-state index contributed by atoms with van der Waals surface area (Å²) in [6.45, 7) is 0.590. The molecule has 0 saturated carbocycles. The molecule has 3 aromatic heterocycles. The van der Waals surface area contributed by atoms with E-state index in [-0.39, 0.29) is 11.7 Å². The van der Waals surface area contributed by atoms with Crippen molar-refractivity contribution >= 4 is 11.7 Å². The van der Waals surface area contributed by atoms with Crippen LogP contribution in [0.1, 0.15) is 40.2 Å². The molecule has 156 valence electrons. The number of amides is 1. The van der Waals surface area contributed by atoms with E-state index in [2.05, 4.69) is 20.5 Å². The summed E-state index contributed by atoms with van der Waals surface area (Å²) in [5.74, 6) is -0.113. The van der Waals surface area contributed by atoms with Crippen LogP contribution in [-0.4, -0.2) is 30.5 Å². The maximum atomic E-state index is 13.4. The molecule has 0 atom stereocenters. The molecule has 7 nitrogen and oxygen atoms in total. The summed E-state index contributed by atoms with van der Waals surface area (Å²) in [5, 5.41) is 11.9. The number of fused-ring (bicyclic) bond motifs is 1. The number of hydrogen-bond donors (Lipinski definition) is 1. The maximum absolute atomic E-state index is 13.4. The average Bonchev–Trinajstić information content (AvgIpc) is 3.39. The molecule has 0 saturated heterocycles. The standard InChI is InChI=1S/C23H21FN6O/c24-17-5-7-18(8-6-17)30-20-4-2-1-3-19(20)22(28-30)23(31)26-21-11-14-29(27-21)15-16-9-12-25-13-10-16/h5-14H,1-4,15H2,(H,26,27,31). The third-order valence-corrected chi connectivity index (χ3v) is 5.44. The van der Waals surface area contributed by atoms with Gasteiger partial charge in [0.1, 0.15) is 5.82 Å². The van der Waals surface area contributed by atoms with Crippen LogP contribution in [0, 0.1) is 5.82 Å². The lowest BCUT2D eigenvalue weighted by molar-refractivity contribution is 0.102. The number of nitrogens with one attached hydrogen (secondary N) is 1. The van der Waals surface area contributed by atoms with E-state index < -0.39 is 0 Å². The first-order chi connectivity index (χ1) is 15.2. The van der Waals surface area contributed by atoms with Gasteiger partial charge in [-0.15, -0.1) is 0 Å². The molecule has 3 heterocycles. The first-order valence-electron chi connectivity index (χ1n) is 10.3. The molecule has 31 heavy (non-hydrogen) atoms. The second kappa shape index (κ2) is 8.14. The van der Waals surface area contributed by atoms with Crippen LogP contribution in [0.5, 0.6) is 0 Å². The number of carbonyl (C=O) groups excluding carboxylic acids is 1. The number of halogens is 1. The number of anilines is 1. The average molecular weight is 416 g/mol. The van der Waals surface area contributed by atoms with Crippen LogP contribution in [0.15, 0.2) is 61.1 Å². The SMILES string of the molecule is O=C(Nc1ccn(Cc2ccncc2)n1)c1nn(-c2ccc(F)cc2)c2c1CCCC2. The third-order valence-electron chi connectivity index (χ3n) is 5.44. The van der Waals surface area contributed by atoms with Gasteiger partial charge in [-0.1, -0.05) is 0 Å². The van der Waals surface area contributed by atoms with Gasteiger partial charge in [-0.05, 0) is 67.6 Å². The van der Waals surface area contributed by atoms with Gasteiger partial charge >= 0.3 is 0 Å². The van der Waals surface area contributed by atoms with Gasteiger partial charge in [-0.2, -0.15) is 10.2 Å². The van der Waals surface area contributed by atoms with E-state index in [4.69, 9.17) is 0 Å². The Kier molecular flexibility index (Phi) is 5.03. The molecule has 5 rings (SSSR count). The Morgan fingerprint density at radius 3 is 2.58 bits per heavy atom. The second-order valence-corrected chi connectivity index (χ2v) is 7.58. The first-order valence-corrected chi connectivity index (χ1v) is 10.3. The fraction of sp³-hybridized carbons (Fsp3) is 0.217. The maximum Gasteiger partial charge on any atom is 0.277 e. The van der Waals surface area contributed by atoms with Crippen molar-refractivity contribution in [1.29, 1.82) is 0 Å². The lowest BCUT2D eigenvalue weighted by Gasteiger charge is -2.14. The van der Waals surface area contributed by atoms with Crippen molar-refractivity contribution in [3.63, 3.8) is 0 Å². The van der Waals surface area contributed by atoms with Crippen LogP contribution in [-0.2, 0) is 19.4 Å². The van der Waals surface area contributed by atoms with Crippen molar-refractivity contribution in [2.75, 3.05) is 5.32 Å². The number of rotatable bonds is 5. The van der Waals surface area contributed by atoms with Gasteiger partial charge in [0.2, 0.25) is 0 Å². The molecule has 0 fully saturated rings. The molecule has 4 aromatic rings. The zero-order chi connectivity index (χ0) is 21.2. The Morgan fingerprint density at radius 2 is 1.77 bits per heavy atom. The Balaban J connectivity index is 1.39. The zero-order valence-corrected chi connectivity index (χ0v) is 16.8. The summed E-state index contributed by atoms with van der Waals surface area (Å²) >= 11 is 0. The molecule has 8 heteroatoms. The minimum atomic E-state index is -0.301. The van der Waals surface area contributed by atoms with Gasteiger partial charge in [0.25, 0.3) is 5.91 Å². The number of nitrogens with zero attached hydrogens (tertiary/aromatic N) is 5. The molecule has 0 spiro atoms. The summed E-state index contributed by atoms with van der Waals surface area (Å²) in [5.41, 5.74) is 4.21. The number of carbonyl (C=O) groups is 1. The van der Waals surface area contributed by atoms with Gasteiger partial charge in [0.05, 0.1) is 12.2 Å². The topological polar surface area (TPSA) is 77.6 Å². The van der Waals surface area contributed by atoms with E-state index in [0.717, 1.165) is 48.2 Å². The van der Waals surface area contributed by atoms with Crippen LogP contribution in [0.2, 0.25) is 0 Å². The molecular formula is C23H21FN6O. The number of benzene rings is 1. The summed E-state index contributed by atoms with van der Waals surface area (Å²) in [6.07, 6.45) is 9.00. The predicted octanol–water partition coefficient (Wildman–Crippen LogP) is 3.78. The molecule has 1 aliphatic rings. The Labute approximate surface area is 178 Å². The molecule has 0 radical (unpaired) electrons. The highest BCUT2D eigenvalue weighted by Crippen LogP contribution is 2.27. The Morgan fingerprint density at radius 1 is 1.00 bits per heavy atom. The van der Waals surface area contributed by atoms with Crippen LogP contribution in [0.25, 0.3) is 5.69 Å². The normalized spacial score (nSPS) is 13.1. The minimum absolute atomic E-state index is 0.284. The second-order valence-electron chi connectivity index (χ2n) is 7.58. The Hall–Kier alpha value is -3.81. The van der Waals surface area contributed by atoms with Crippen LogP contribution >= 0.6 is 0 Å². The summed E-state index contributed by atoms with van der Waals surface area (Å²) in [6, 6.07) is 11.8. The minimum Gasteiger partial charge on any atom is -0.304 e. The molecule has 0 aliphatic heterocycles. The van der Waals surface area contributed by atoms with Gasteiger partial charge in [0.15, 0.2) is 11.5 Å². The van der Waals surface area contributed by atoms with E-state index in [1.165, 1.54) is 12.1 Å². The van der Waals surface area contributed by atoms with Crippen molar-refractivity contribution in [3.05, 3.63) is 89.4 Å². The summed E-state index contributed by atoms with van der Waals surface area (Å²) in [4.78, 5) is 17.1. The van der Waals surface area contributed by atoms with E-state index in [9.17, 15) is 9.18 Å². The Bertz CT molecular complexity index is 1210. The molecule has 1 amide bonds. The first kappa shape index (κ1) is 19.2. The molecule has 0 bridgehead atoms. The zero-order valence-electron chi connectivity index (χ0n) is 16.8. The monoisotopic (exact) mass is 416 g/mol. The van der Waals surface area contributed by atoms with Crippen molar-refractivity contribution < 1.29 is 9.18 Å². The summed E-state index contributed by atoms with van der Waals surface area (Å²) < 4.78 is 16.9. The van der Waals surface area contributed by atoms with Crippen LogP contribution in [0.3, 0.4) is 0 Å². The van der Waals surface area contributed by atoms with Crippen LogP contribution < -0.4 is 5.32 Å². The molecule has 0 unspecified atom stereocenters. The van der Waals surface area contributed by atoms with Gasteiger partial charge in [-0.3, -0.25) is 14.5 Å². The van der Waals surface area contributed by atoms with Crippen LogP contribution in [0.4, 0.5) is 10.2 Å². The highest BCUT2D eigenvalue weighted by Gasteiger charge is 2.26. The van der Waals surface area contributed by atoms with E-state index in [1.54, 1.807) is 40.0 Å². The van der Waals surface area contributed by atoms with Crippen molar-refractivity contribution in [1.82, 2.24) is 24.5 Å². The quantitative estimate of drug-likeness (QED) is 0.537. The van der Waals surface area contributed by atoms with Crippen molar-refractivity contribution in [3.8, 4) is 5.69 Å².